The van der Waals surface area contributed by atoms with E-state index in [1.807, 2.05) is 42.5 Å². The van der Waals surface area contributed by atoms with Crippen molar-refractivity contribution < 1.29 is 50.9 Å². The van der Waals surface area contributed by atoms with Crippen molar-refractivity contribution in [2.45, 2.75) is 43.8 Å². The van der Waals surface area contributed by atoms with Gasteiger partial charge in [0.2, 0.25) is 0 Å². The first-order valence-corrected chi connectivity index (χ1v) is 13.8. The first-order chi connectivity index (χ1) is 22.1. The Balaban J connectivity index is 0.000000360. The molecule has 1 aromatic heterocycles. The fraction of sp³-hybridized carbons (Fsp3) is 0.219. The highest BCUT2D eigenvalue weighted by Gasteiger charge is 2.39. The van der Waals surface area contributed by atoms with Crippen molar-refractivity contribution in [3.63, 3.8) is 0 Å². The van der Waals surface area contributed by atoms with Crippen molar-refractivity contribution in [1.29, 1.82) is 0 Å². The molecule has 3 aromatic carbocycles. The highest BCUT2D eigenvalue weighted by molar-refractivity contribution is 5.94. The Hall–Kier alpha value is -5.31. The molecule has 4 N–H and O–H groups in total. The highest BCUT2D eigenvalue weighted by atomic mass is 19.4. The number of hydrogen-bond acceptors (Lipinski definition) is 6. The van der Waals surface area contributed by atoms with Crippen molar-refractivity contribution in [2.75, 3.05) is 0 Å². The molecule has 0 spiro atoms. The van der Waals surface area contributed by atoms with Gasteiger partial charge in [0.15, 0.2) is 0 Å². The van der Waals surface area contributed by atoms with Crippen LogP contribution in [0, 0.1) is 0 Å². The number of carboxylic acids is 2. The minimum atomic E-state index is -5.08. The maximum Gasteiger partial charge on any atom is 0.490 e. The minimum absolute atomic E-state index is 0.0409. The van der Waals surface area contributed by atoms with Gasteiger partial charge in [0.05, 0.1) is 11.9 Å². The Morgan fingerprint density at radius 1 is 0.745 bits per heavy atom. The van der Waals surface area contributed by atoms with Crippen molar-refractivity contribution in [1.82, 2.24) is 20.6 Å². The van der Waals surface area contributed by atoms with Crippen LogP contribution in [-0.4, -0.2) is 56.4 Å². The third-order valence-electron chi connectivity index (χ3n) is 6.55. The molecule has 248 valence electrons. The van der Waals surface area contributed by atoms with Gasteiger partial charge < -0.3 is 20.8 Å². The van der Waals surface area contributed by atoms with Crippen molar-refractivity contribution in [2.24, 2.45) is 0 Å². The van der Waals surface area contributed by atoms with Crippen LogP contribution in [-0.2, 0) is 22.7 Å². The smallest absolute Gasteiger partial charge is 0.475 e. The average molecular weight is 663 g/mol. The summed E-state index contributed by atoms with van der Waals surface area (Å²) in [5.41, 5.74) is 6.28. The summed E-state index contributed by atoms with van der Waals surface area (Å²) in [4.78, 5) is 38.7. The Morgan fingerprint density at radius 2 is 1.30 bits per heavy atom. The third-order valence-corrected chi connectivity index (χ3v) is 6.55. The zero-order valence-corrected chi connectivity index (χ0v) is 24.3. The Labute approximate surface area is 264 Å². The highest BCUT2D eigenvalue weighted by Crippen LogP contribution is 2.41. The number of nitrogens with zero attached hydrogens (tertiary/aromatic N) is 2. The number of aromatic nitrogens is 2. The molecule has 2 atom stereocenters. The summed E-state index contributed by atoms with van der Waals surface area (Å²) in [6.07, 6.45) is -3.87. The first kappa shape index (κ1) is 36.2. The summed E-state index contributed by atoms with van der Waals surface area (Å²) in [5, 5.41) is 20.9. The van der Waals surface area contributed by atoms with Gasteiger partial charge in [0, 0.05) is 48.6 Å². The molecule has 4 aromatic rings. The van der Waals surface area contributed by atoms with Gasteiger partial charge in [-0.15, -0.1) is 0 Å². The van der Waals surface area contributed by atoms with E-state index in [1.165, 1.54) is 11.1 Å². The second kappa shape index (κ2) is 16.3. The van der Waals surface area contributed by atoms with E-state index in [2.05, 4.69) is 57.0 Å². The van der Waals surface area contributed by atoms with Gasteiger partial charge in [0.1, 0.15) is 0 Å². The molecule has 47 heavy (non-hydrogen) atoms. The van der Waals surface area contributed by atoms with Gasteiger partial charge >= 0.3 is 24.3 Å². The summed E-state index contributed by atoms with van der Waals surface area (Å²) in [6, 6.07) is 26.9. The van der Waals surface area contributed by atoms with Gasteiger partial charge in [-0.3, -0.25) is 14.8 Å². The van der Waals surface area contributed by atoms with E-state index in [-0.39, 0.29) is 5.91 Å². The standard InChI is InChI=1S/C28H26N4O.2C2HF3O2/c33-28(32-18-20-4-2-1-3-5-20)24-12-10-22(11-13-24)25-16-26(25)31-17-21-6-8-23(9-7-21)27-19-29-14-15-30-27;2*3-2(4,5)1(6)7/h1-15,19,25-26,31H,16-18H2,(H,32,33);2*(H,6,7)/t25-,26+;;/m0../s1. The zero-order chi connectivity index (χ0) is 34.6. The number of carbonyl (C=O) groups is 3. The summed E-state index contributed by atoms with van der Waals surface area (Å²) in [7, 11) is 0. The van der Waals surface area contributed by atoms with Crippen molar-refractivity contribution >= 4 is 17.8 Å². The number of nitrogens with one attached hydrogen (secondary N) is 2. The molecule has 1 aliphatic carbocycles. The van der Waals surface area contributed by atoms with Gasteiger partial charge in [0.25, 0.3) is 5.91 Å². The van der Waals surface area contributed by atoms with Gasteiger partial charge in [-0.2, -0.15) is 26.3 Å². The largest absolute Gasteiger partial charge is 0.490 e. The van der Waals surface area contributed by atoms with Gasteiger partial charge in [-0.05, 0) is 35.2 Å². The lowest BCUT2D eigenvalue weighted by Crippen LogP contribution is -2.22. The second-order valence-corrected chi connectivity index (χ2v) is 10.0. The van der Waals surface area contributed by atoms with Crippen LogP contribution in [0.4, 0.5) is 26.3 Å². The Kier molecular flexibility index (Phi) is 12.5. The number of aliphatic carboxylic acids is 2. The number of carbonyl (C=O) groups excluding carboxylic acids is 1. The number of carboxylic acid groups (broad SMARTS) is 2. The Morgan fingerprint density at radius 3 is 1.81 bits per heavy atom. The molecule has 9 nitrogen and oxygen atoms in total. The fourth-order valence-electron chi connectivity index (χ4n) is 4.04. The van der Waals surface area contributed by atoms with Crippen LogP contribution in [0.5, 0.6) is 0 Å². The normalized spacial score (nSPS) is 15.2. The molecule has 15 heteroatoms. The molecule has 0 aliphatic heterocycles. The number of alkyl halides is 6. The van der Waals surface area contributed by atoms with Crippen LogP contribution in [0.2, 0.25) is 0 Å². The van der Waals surface area contributed by atoms with Crippen molar-refractivity contribution in [3.05, 3.63) is 120 Å². The Bertz CT molecular complexity index is 1580. The molecule has 1 amide bonds. The average Bonchev–Trinajstić information content (AvgIpc) is 3.83. The van der Waals surface area contributed by atoms with E-state index in [4.69, 9.17) is 19.8 Å². The molecule has 0 radical (unpaired) electrons. The number of rotatable bonds is 8. The maximum absolute atomic E-state index is 12.4. The first-order valence-electron chi connectivity index (χ1n) is 13.8. The van der Waals surface area contributed by atoms with Crippen LogP contribution < -0.4 is 10.6 Å². The fourth-order valence-corrected chi connectivity index (χ4v) is 4.04. The molecular formula is C32H28F6N4O5. The minimum Gasteiger partial charge on any atom is -0.475 e. The van der Waals surface area contributed by atoms with E-state index < -0.39 is 24.3 Å². The lowest BCUT2D eigenvalue weighted by molar-refractivity contribution is -0.193. The van der Waals surface area contributed by atoms with Gasteiger partial charge in [-0.25, -0.2) is 9.59 Å². The van der Waals surface area contributed by atoms with E-state index in [1.54, 1.807) is 18.6 Å². The van der Waals surface area contributed by atoms with Crippen LogP contribution >= 0.6 is 0 Å². The SMILES string of the molecule is O=C(NCc1ccccc1)c1ccc([C@@H]2C[C@H]2NCc2ccc(-c3cnccn3)cc2)cc1.O=C(O)C(F)(F)F.O=C(O)C(F)(F)F. The zero-order valence-electron chi connectivity index (χ0n) is 24.3. The summed E-state index contributed by atoms with van der Waals surface area (Å²) >= 11 is 0. The molecule has 1 heterocycles. The predicted molar refractivity (Wildman–Crippen MR) is 157 cm³/mol. The van der Waals surface area contributed by atoms with Crippen molar-refractivity contribution in [3.8, 4) is 11.3 Å². The summed E-state index contributed by atoms with van der Waals surface area (Å²) < 4.78 is 63.5. The number of benzene rings is 3. The predicted octanol–water partition coefficient (Wildman–Crippen LogP) is 5.99. The van der Waals surface area contributed by atoms with Crippen LogP contribution in [0.25, 0.3) is 11.3 Å². The van der Waals surface area contributed by atoms with Crippen LogP contribution in [0.3, 0.4) is 0 Å². The molecule has 1 aliphatic rings. The molecule has 0 bridgehead atoms. The van der Waals surface area contributed by atoms with E-state index >= 15 is 0 Å². The number of hydrogen-bond donors (Lipinski definition) is 4. The van der Waals surface area contributed by atoms with E-state index in [0.717, 1.165) is 29.8 Å². The number of halogens is 6. The molecule has 0 saturated heterocycles. The lowest BCUT2D eigenvalue weighted by Gasteiger charge is -2.08. The summed E-state index contributed by atoms with van der Waals surface area (Å²) in [5.74, 6) is -5.05. The lowest BCUT2D eigenvalue weighted by atomic mass is 10.1. The summed E-state index contributed by atoms with van der Waals surface area (Å²) in [6.45, 7) is 1.37. The van der Waals surface area contributed by atoms with E-state index in [0.29, 0.717) is 24.1 Å². The quantitative estimate of drug-likeness (QED) is 0.169. The maximum atomic E-state index is 12.4. The molecule has 0 unspecified atom stereocenters. The van der Waals surface area contributed by atoms with Gasteiger partial charge in [-0.1, -0.05) is 66.7 Å². The second-order valence-electron chi connectivity index (χ2n) is 10.0. The molecule has 5 rings (SSSR count). The molecule has 1 saturated carbocycles. The topological polar surface area (TPSA) is 142 Å². The monoisotopic (exact) mass is 662 g/mol. The van der Waals surface area contributed by atoms with Crippen LogP contribution in [0.15, 0.2) is 97.5 Å². The number of amides is 1. The molecular weight excluding hydrogens is 634 g/mol. The molecule has 1 fully saturated rings. The van der Waals surface area contributed by atoms with E-state index in [9.17, 15) is 31.1 Å². The van der Waals surface area contributed by atoms with Crippen LogP contribution in [0.1, 0.15) is 39.4 Å². The third kappa shape index (κ3) is 12.2.